The van der Waals surface area contributed by atoms with E-state index in [1.54, 1.807) is 37.1 Å². The molecule has 0 saturated carbocycles. The normalized spacial score (nSPS) is 12.2. The minimum Gasteiger partial charge on any atom is -0.469 e. The van der Waals surface area contributed by atoms with Gasteiger partial charge in [-0.3, -0.25) is 9.59 Å². The highest BCUT2D eigenvalue weighted by molar-refractivity contribution is 6.30. The Bertz CT molecular complexity index is 557. The van der Waals surface area contributed by atoms with Gasteiger partial charge in [0, 0.05) is 37.9 Å². The topological polar surface area (TPSA) is 55.8 Å². The number of carbonyl (C=O) groups is 2. The van der Waals surface area contributed by atoms with Gasteiger partial charge in [-0.25, -0.2) is 0 Å². The third kappa shape index (κ3) is 7.15. The minimum atomic E-state index is -0.384. The summed E-state index contributed by atoms with van der Waals surface area (Å²) in [7, 11) is 2.96. The molecular formula is C18H24ClNO4. The van der Waals surface area contributed by atoms with Crippen LogP contribution in [0.5, 0.6) is 0 Å². The Morgan fingerprint density at radius 3 is 2.50 bits per heavy atom. The number of rotatable bonds is 9. The first-order valence-corrected chi connectivity index (χ1v) is 8.15. The second-order valence-electron chi connectivity index (χ2n) is 5.44. The maximum absolute atomic E-state index is 12.4. The van der Waals surface area contributed by atoms with E-state index in [0.29, 0.717) is 31.1 Å². The Morgan fingerprint density at radius 2 is 1.92 bits per heavy atom. The van der Waals surface area contributed by atoms with Gasteiger partial charge in [-0.1, -0.05) is 30.7 Å². The molecule has 0 radical (unpaired) electrons. The molecule has 0 aliphatic rings. The van der Waals surface area contributed by atoms with E-state index in [4.69, 9.17) is 21.1 Å². The van der Waals surface area contributed by atoms with E-state index in [0.717, 1.165) is 5.56 Å². The molecule has 6 heteroatoms. The van der Waals surface area contributed by atoms with Crippen LogP contribution in [0, 0.1) is 5.92 Å². The smallest absolute Gasteiger partial charge is 0.310 e. The summed E-state index contributed by atoms with van der Waals surface area (Å²) >= 11 is 5.84. The maximum Gasteiger partial charge on any atom is 0.310 e. The first-order chi connectivity index (χ1) is 11.5. The van der Waals surface area contributed by atoms with Crippen LogP contribution in [0.2, 0.25) is 5.02 Å². The van der Waals surface area contributed by atoms with Crippen molar-refractivity contribution in [2.45, 2.75) is 13.3 Å². The fraction of sp³-hybridized carbons (Fsp3) is 0.444. The molecule has 1 aromatic rings. The van der Waals surface area contributed by atoms with Crippen molar-refractivity contribution in [2.75, 3.05) is 33.9 Å². The number of hydrogen-bond acceptors (Lipinski definition) is 4. The van der Waals surface area contributed by atoms with Gasteiger partial charge in [0.1, 0.15) is 0 Å². The van der Waals surface area contributed by atoms with E-state index < -0.39 is 0 Å². The molecule has 0 aromatic heterocycles. The van der Waals surface area contributed by atoms with E-state index in [2.05, 4.69) is 0 Å². The van der Waals surface area contributed by atoms with Gasteiger partial charge in [-0.05, 0) is 30.2 Å². The molecule has 1 amide bonds. The maximum atomic E-state index is 12.4. The van der Waals surface area contributed by atoms with Crippen molar-refractivity contribution in [1.82, 2.24) is 4.90 Å². The molecule has 0 N–H and O–H groups in total. The molecule has 0 aliphatic carbocycles. The van der Waals surface area contributed by atoms with Crippen LogP contribution in [0.3, 0.4) is 0 Å². The van der Waals surface area contributed by atoms with Gasteiger partial charge in [0.2, 0.25) is 5.91 Å². The Morgan fingerprint density at radius 1 is 1.25 bits per heavy atom. The van der Waals surface area contributed by atoms with Gasteiger partial charge >= 0.3 is 5.97 Å². The largest absolute Gasteiger partial charge is 0.469 e. The van der Waals surface area contributed by atoms with Gasteiger partial charge in [0.25, 0.3) is 0 Å². The van der Waals surface area contributed by atoms with Crippen molar-refractivity contribution < 1.29 is 19.1 Å². The number of hydrogen-bond donors (Lipinski definition) is 0. The summed E-state index contributed by atoms with van der Waals surface area (Å²) in [6, 6.07) is 7.19. The van der Waals surface area contributed by atoms with E-state index in [1.807, 2.05) is 12.1 Å². The van der Waals surface area contributed by atoms with Crippen molar-refractivity contribution in [3.63, 3.8) is 0 Å². The lowest BCUT2D eigenvalue weighted by Crippen LogP contribution is -2.37. The SMILES string of the molecule is COCCCN(CC(C)C(=O)OC)C(=O)/C=C/c1ccc(Cl)cc1. The molecule has 1 aromatic carbocycles. The van der Waals surface area contributed by atoms with Crippen LogP contribution in [0.25, 0.3) is 6.08 Å². The number of benzene rings is 1. The third-order valence-electron chi connectivity index (χ3n) is 3.47. The summed E-state index contributed by atoms with van der Waals surface area (Å²) in [4.78, 5) is 25.7. The highest BCUT2D eigenvalue weighted by atomic mass is 35.5. The molecule has 5 nitrogen and oxygen atoms in total. The van der Waals surface area contributed by atoms with Crippen molar-refractivity contribution in [2.24, 2.45) is 5.92 Å². The van der Waals surface area contributed by atoms with Crippen LogP contribution in [0.15, 0.2) is 30.3 Å². The first kappa shape index (κ1) is 20.2. The highest BCUT2D eigenvalue weighted by Crippen LogP contribution is 2.11. The van der Waals surface area contributed by atoms with Crippen LogP contribution < -0.4 is 0 Å². The summed E-state index contributed by atoms with van der Waals surface area (Å²) in [6.45, 7) is 3.11. The molecule has 132 valence electrons. The zero-order chi connectivity index (χ0) is 17.9. The lowest BCUT2D eigenvalue weighted by atomic mass is 10.1. The first-order valence-electron chi connectivity index (χ1n) is 7.77. The summed E-state index contributed by atoms with van der Waals surface area (Å²) in [6.07, 6.45) is 3.93. The lowest BCUT2D eigenvalue weighted by Gasteiger charge is -2.23. The molecule has 0 spiro atoms. The van der Waals surface area contributed by atoms with Crippen molar-refractivity contribution >= 4 is 29.6 Å². The Balaban J connectivity index is 2.74. The summed E-state index contributed by atoms with van der Waals surface area (Å²) in [5, 5.41) is 0.645. The Hall–Kier alpha value is -1.85. The quantitative estimate of drug-likeness (QED) is 0.389. The molecule has 1 rings (SSSR count). The number of esters is 1. The second-order valence-corrected chi connectivity index (χ2v) is 5.88. The molecule has 1 unspecified atom stereocenters. The Labute approximate surface area is 148 Å². The number of nitrogens with zero attached hydrogens (tertiary/aromatic N) is 1. The highest BCUT2D eigenvalue weighted by Gasteiger charge is 2.20. The molecule has 0 saturated heterocycles. The standard InChI is InChI=1S/C18H24ClNO4/c1-14(18(22)24-3)13-20(11-4-12-23-2)17(21)10-7-15-5-8-16(19)9-6-15/h5-10,14H,4,11-13H2,1-3H3/b10-7+. The van der Waals surface area contributed by atoms with Gasteiger partial charge in [0.05, 0.1) is 13.0 Å². The predicted octanol–water partition coefficient (Wildman–Crippen LogP) is 3.03. The fourth-order valence-electron chi connectivity index (χ4n) is 2.14. The Kier molecular flexibility index (Phi) is 9.12. The molecule has 24 heavy (non-hydrogen) atoms. The van der Waals surface area contributed by atoms with E-state index in [-0.39, 0.29) is 17.8 Å². The zero-order valence-corrected chi connectivity index (χ0v) is 15.1. The van der Waals surface area contributed by atoms with Crippen molar-refractivity contribution in [3.05, 3.63) is 40.9 Å². The monoisotopic (exact) mass is 353 g/mol. The van der Waals surface area contributed by atoms with Gasteiger partial charge in [0.15, 0.2) is 0 Å². The summed E-state index contributed by atoms with van der Waals surface area (Å²) in [5.41, 5.74) is 0.880. The summed E-state index contributed by atoms with van der Waals surface area (Å²) in [5.74, 6) is -0.872. The van der Waals surface area contributed by atoms with Crippen molar-refractivity contribution in [3.8, 4) is 0 Å². The molecule has 1 atom stereocenters. The minimum absolute atomic E-state index is 0.156. The average molecular weight is 354 g/mol. The van der Waals surface area contributed by atoms with Gasteiger partial charge in [-0.15, -0.1) is 0 Å². The summed E-state index contributed by atoms with van der Waals surface area (Å²) < 4.78 is 9.75. The molecule has 0 bridgehead atoms. The molecular weight excluding hydrogens is 330 g/mol. The number of amides is 1. The van der Waals surface area contributed by atoms with Crippen LogP contribution in [-0.4, -0.2) is 50.7 Å². The predicted molar refractivity (Wildman–Crippen MR) is 94.7 cm³/mol. The number of methoxy groups -OCH3 is 2. The van der Waals surface area contributed by atoms with Crippen LogP contribution in [0.1, 0.15) is 18.9 Å². The fourth-order valence-corrected chi connectivity index (χ4v) is 2.27. The number of ether oxygens (including phenoxy) is 2. The third-order valence-corrected chi connectivity index (χ3v) is 3.73. The second kappa shape index (κ2) is 10.8. The number of carbonyl (C=O) groups excluding carboxylic acids is 2. The van der Waals surface area contributed by atoms with Crippen LogP contribution in [-0.2, 0) is 19.1 Å². The van der Waals surface area contributed by atoms with Crippen LogP contribution in [0.4, 0.5) is 0 Å². The van der Waals surface area contributed by atoms with E-state index >= 15 is 0 Å². The van der Waals surface area contributed by atoms with Crippen molar-refractivity contribution in [1.29, 1.82) is 0 Å². The molecule has 0 aliphatic heterocycles. The van der Waals surface area contributed by atoms with E-state index in [1.165, 1.54) is 13.2 Å². The average Bonchev–Trinajstić information content (AvgIpc) is 2.59. The molecule has 0 heterocycles. The van der Waals surface area contributed by atoms with E-state index in [9.17, 15) is 9.59 Å². The van der Waals surface area contributed by atoms with Gasteiger partial charge < -0.3 is 14.4 Å². The van der Waals surface area contributed by atoms with Crippen LogP contribution >= 0.6 is 11.6 Å². The van der Waals surface area contributed by atoms with Gasteiger partial charge in [-0.2, -0.15) is 0 Å². The molecule has 0 fully saturated rings. The number of halogens is 1. The lowest BCUT2D eigenvalue weighted by molar-refractivity contribution is -0.146. The zero-order valence-electron chi connectivity index (χ0n) is 14.3.